The third-order valence-electron chi connectivity index (χ3n) is 7.45. The largest absolute Gasteiger partial charge is 0.492 e. The van der Waals surface area contributed by atoms with E-state index in [1.807, 2.05) is 33.2 Å². The molecule has 0 spiro atoms. The van der Waals surface area contributed by atoms with Crippen LogP contribution in [0, 0.1) is 0 Å². The summed E-state index contributed by atoms with van der Waals surface area (Å²) < 4.78 is 5.93. The van der Waals surface area contributed by atoms with Gasteiger partial charge in [-0.3, -0.25) is 14.7 Å². The maximum atomic E-state index is 13.3. The van der Waals surface area contributed by atoms with E-state index in [2.05, 4.69) is 36.3 Å². The number of para-hydroxylation sites is 1. The van der Waals surface area contributed by atoms with Crippen LogP contribution in [0.2, 0.25) is 0 Å². The molecule has 2 unspecified atom stereocenters. The van der Waals surface area contributed by atoms with Crippen molar-refractivity contribution >= 4 is 11.7 Å². The van der Waals surface area contributed by atoms with E-state index in [0.717, 1.165) is 18.4 Å². The van der Waals surface area contributed by atoms with E-state index in [1.165, 1.54) is 0 Å². The third-order valence-corrected chi connectivity index (χ3v) is 7.45. The van der Waals surface area contributed by atoms with Crippen LogP contribution in [-0.4, -0.2) is 79.3 Å². The maximum absolute atomic E-state index is 13.3. The highest BCUT2D eigenvalue weighted by Crippen LogP contribution is 2.40. The molecule has 184 valence electrons. The predicted molar refractivity (Wildman–Crippen MR) is 132 cm³/mol. The van der Waals surface area contributed by atoms with Gasteiger partial charge in [-0.25, -0.2) is 0 Å². The van der Waals surface area contributed by atoms with Gasteiger partial charge in [0.05, 0.1) is 41.7 Å². The summed E-state index contributed by atoms with van der Waals surface area (Å²) in [5.74, 6) is 1.01. The minimum Gasteiger partial charge on any atom is -0.492 e. The Kier molecular flexibility index (Phi) is 7.71. The minimum atomic E-state index is -0.820. The number of hydrogen-bond acceptors (Lipinski definition) is 6. The zero-order chi connectivity index (χ0) is 24.4. The molecule has 0 aliphatic carbocycles. The lowest BCUT2D eigenvalue weighted by molar-refractivity contribution is 0.0270. The van der Waals surface area contributed by atoms with Crippen LogP contribution in [0.3, 0.4) is 0 Å². The molecule has 2 aliphatic heterocycles. The number of likely N-dealkylation sites (N-methyl/N-ethyl adjacent to an activating group) is 2. The predicted octanol–water partition coefficient (Wildman–Crippen LogP) is 1.66. The van der Waals surface area contributed by atoms with Crippen LogP contribution >= 0.6 is 0 Å². The lowest BCUT2D eigenvalue weighted by Crippen LogP contribution is -2.59. The number of ether oxygens (including phenoxy) is 1. The summed E-state index contributed by atoms with van der Waals surface area (Å²) in [6.45, 7) is 10.1. The number of nitrogens with zero attached hydrogens (tertiary/aromatic N) is 2. The molecule has 1 aromatic rings. The van der Waals surface area contributed by atoms with Crippen molar-refractivity contribution in [2.45, 2.75) is 76.1 Å². The molecule has 1 saturated heterocycles. The number of nitrogens with one attached hydrogen (secondary N) is 2. The summed E-state index contributed by atoms with van der Waals surface area (Å²) in [5.41, 5.74) is 6.97. The van der Waals surface area contributed by atoms with Gasteiger partial charge < -0.3 is 26.2 Å². The molecule has 1 fully saturated rings. The Labute approximate surface area is 198 Å². The van der Waals surface area contributed by atoms with Gasteiger partial charge in [0.25, 0.3) is 5.91 Å². The first-order chi connectivity index (χ1) is 15.6. The molecule has 33 heavy (non-hydrogen) atoms. The number of carbonyl (C=O) groups is 1. The fourth-order valence-corrected chi connectivity index (χ4v) is 5.09. The van der Waals surface area contributed by atoms with Crippen LogP contribution < -0.4 is 21.1 Å². The summed E-state index contributed by atoms with van der Waals surface area (Å²) in [4.78, 5) is 20.2. The standard InChI is InChI=1S/C25H41N5O3/c1-7-9-20(26)29-19(14-27-5)25(4)22(31)18(15-30(25)6)28-23(32)16-10-8-11-17-21(16)33-13-12-24(17,2)3/h8,10-11,18-19,22,27,31H,7,9,12-15H2,1-6H3,(H2,26,29)(H,28,32)/t18?,19?,22-,25+/m1/s1. The molecule has 8 nitrogen and oxygen atoms in total. The average Bonchev–Trinajstić information content (AvgIpc) is 2.97. The van der Waals surface area contributed by atoms with E-state index in [9.17, 15) is 9.90 Å². The number of aliphatic hydroxyl groups is 1. The van der Waals surface area contributed by atoms with Crippen LogP contribution in [0.25, 0.3) is 0 Å². The van der Waals surface area contributed by atoms with Crippen molar-refractivity contribution < 1.29 is 14.6 Å². The van der Waals surface area contributed by atoms with E-state index < -0.39 is 17.7 Å². The number of carbonyl (C=O) groups excluding carboxylic acids is 1. The van der Waals surface area contributed by atoms with Gasteiger partial charge in [-0.15, -0.1) is 0 Å². The number of aliphatic imine (C=N–C) groups is 1. The van der Waals surface area contributed by atoms with E-state index in [0.29, 0.717) is 43.3 Å². The van der Waals surface area contributed by atoms with E-state index in [-0.39, 0.29) is 17.4 Å². The van der Waals surface area contributed by atoms with Gasteiger partial charge in [-0.05, 0) is 45.3 Å². The molecule has 5 N–H and O–H groups in total. The smallest absolute Gasteiger partial charge is 0.255 e. The fourth-order valence-electron chi connectivity index (χ4n) is 5.09. The number of fused-ring (bicyclic) bond motifs is 1. The van der Waals surface area contributed by atoms with Crippen LogP contribution in [0.15, 0.2) is 23.2 Å². The van der Waals surface area contributed by atoms with Gasteiger partial charge in [0.1, 0.15) is 5.75 Å². The minimum absolute atomic E-state index is 0.0493. The molecule has 1 aromatic carbocycles. The molecule has 3 rings (SSSR count). The number of hydrogen-bond donors (Lipinski definition) is 4. The second-order valence-corrected chi connectivity index (χ2v) is 10.2. The molecule has 2 heterocycles. The zero-order valence-electron chi connectivity index (χ0n) is 20.9. The first-order valence-corrected chi connectivity index (χ1v) is 12.0. The van der Waals surface area contributed by atoms with Crippen molar-refractivity contribution in [3.05, 3.63) is 29.3 Å². The maximum Gasteiger partial charge on any atom is 0.255 e. The first-order valence-electron chi connectivity index (χ1n) is 12.0. The highest BCUT2D eigenvalue weighted by Gasteiger charge is 2.53. The van der Waals surface area contributed by atoms with Crippen LogP contribution in [-0.2, 0) is 5.41 Å². The number of amides is 1. The number of benzene rings is 1. The molecule has 1 amide bonds. The van der Waals surface area contributed by atoms with Crippen LogP contribution in [0.5, 0.6) is 5.75 Å². The molecular weight excluding hydrogens is 418 g/mol. The normalized spacial score (nSPS) is 28.2. The lowest BCUT2D eigenvalue weighted by Gasteiger charge is -2.40. The summed E-state index contributed by atoms with van der Waals surface area (Å²) in [6, 6.07) is 5.02. The van der Waals surface area contributed by atoms with E-state index >= 15 is 0 Å². The Balaban J connectivity index is 1.84. The van der Waals surface area contributed by atoms with Crippen molar-refractivity contribution in [1.29, 1.82) is 0 Å². The van der Waals surface area contributed by atoms with Gasteiger partial charge >= 0.3 is 0 Å². The Morgan fingerprint density at radius 3 is 2.79 bits per heavy atom. The third kappa shape index (κ3) is 4.88. The number of rotatable bonds is 8. The highest BCUT2D eigenvalue weighted by atomic mass is 16.5. The first kappa shape index (κ1) is 25.5. The Hall–Kier alpha value is -2.16. The quantitative estimate of drug-likeness (QED) is 0.347. The Morgan fingerprint density at radius 1 is 1.39 bits per heavy atom. The van der Waals surface area contributed by atoms with Crippen LogP contribution in [0.4, 0.5) is 0 Å². The monoisotopic (exact) mass is 459 g/mol. The van der Waals surface area contributed by atoms with Gasteiger partial charge in [-0.2, -0.15) is 0 Å². The number of amidine groups is 1. The summed E-state index contributed by atoms with van der Waals surface area (Å²) >= 11 is 0. The van der Waals surface area contributed by atoms with Crippen molar-refractivity contribution in [3.8, 4) is 5.75 Å². The molecule has 0 aromatic heterocycles. The zero-order valence-corrected chi connectivity index (χ0v) is 20.9. The second kappa shape index (κ2) is 9.99. The lowest BCUT2D eigenvalue weighted by atomic mass is 9.79. The highest BCUT2D eigenvalue weighted by molar-refractivity contribution is 5.97. The summed E-state index contributed by atoms with van der Waals surface area (Å²) in [7, 11) is 3.82. The SMILES string of the molecule is CCCC(N)=NC(CNC)[C@@]1(C)[C@H](O)C(NC(=O)c2cccc3c2OCCC3(C)C)CN1C. The molecule has 8 heteroatoms. The summed E-state index contributed by atoms with van der Waals surface area (Å²) in [6.07, 6.45) is 1.71. The molecule has 4 atom stereocenters. The molecule has 0 bridgehead atoms. The van der Waals surface area contributed by atoms with Crippen molar-refractivity contribution in [3.63, 3.8) is 0 Å². The molecular formula is C25H41N5O3. The van der Waals surface area contributed by atoms with Gasteiger partial charge in [0.15, 0.2) is 0 Å². The van der Waals surface area contributed by atoms with Crippen molar-refractivity contribution in [1.82, 2.24) is 15.5 Å². The fraction of sp³-hybridized carbons (Fsp3) is 0.680. The number of likely N-dealkylation sites (tertiary alicyclic amines) is 1. The van der Waals surface area contributed by atoms with Crippen molar-refractivity contribution in [2.24, 2.45) is 10.7 Å². The van der Waals surface area contributed by atoms with Crippen LogP contribution in [0.1, 0.15) is 62.9 Å². The van der Waals surface area contributed by atoms with Gasteiger partial charge in [-0.1, -0.05) is 32.9 Å². The number of nitrogens with two attached hydrogens (primary N) is 1. The second-order valence-electron chi connectivity index (χ2n) is 10.2. The Bertz CT molecular complexity index is 887. The number of aliphatic hydroxyl groups excluding tert-OH is 1. The van der Waals surface area contributed by atoms with Gasteiger partial charge in [0, 0.05) is 25.1 Å². The van der Waals surface area contributed by atoms with Crippen molar-refractivity contribution in [2.75, 3.05) is 33.8 Å². The summed E-state index contributed by atoms with van der Waals surface area (Å²) in [5, 5.41) is 17.7. The molecule has 0 radical (unpaired) electrons. The van der Waals surface area contributed by atoms with E-state index in [4.69, 9.17) is 15.5 Å². The van der Waals surface area contributed by atoms with E-state index in [1.54, 1.807) is 6.07 Å². The average molecular weight is 460 g/mol. The topological polar surface area (TPSA) is 112 Å². The Morgan fingerprint density at radius 2 is 2.12 bits per heavy atom. The van der Waals surface area contributed by atoms with Gasteiger partial charge in [0.2, 0.25) is 0 Å². The molecule has 2 aliphatic rings. The molecule has 0 saturated carbocycles.